The van der Waals surface area contributed by atoms with Gasteiger partial charge in [-0.3, -0.25) is 20.2 Å². The van der Waals surface area contributed by atoms with Crippen LogP contribution in [0.5, 0.6) is 0 Å². The summed E-state index contributed by atoms with van der Waals surface area (Å²) in [6, 6.07) is 9.01. The molecule has 0 amide bonds. The highest BCUT2D eigenvalue weighted by molar-refractivity contribution is 5.67. The molecule has 0 aliphatic heterocycles. The largest absolute Gasteiger partial charge is 0.362 e. The zero-order chi connectivity index (χ0) is 17.1. The highest BCUT2D eigenvalue weighted by atomic mass is 19.1. The summed E-state index contributed by atoms with van der Waals surface area (Å²) in [7, 11) is 1.64. The highest BCUT2D eigenvalue weighted by Gasteiger charge is 2.24. The van der Waals surface area contributed by atoms with Gasteiger partial charge in [-0.25, -0.2) is 4.39 Å². The Bertz CT molecular complexity index is 749. The van der Waals surface area contributed by atoms with Crippen LogP contribution in [-0.2, 0) is 0 Å². The quantitative estimate of drug-likeness (QED) is 0.617. The van der Waals surface area contributed by atoms with Crippen molar-refractivity contribution in [2.24, 2.45) is 0 Å². The van der Waals surface area contributed by atoms with Crippen LogP contribution >= 0.6 is 0 Å². The molecule has 0 spiro atoms. The monoisotopic (exact) mass is 319 g/mol. The van der Waals surface area contributed by atoms with E-state index < -0.39 is 9.85 Å². The molecule has 0 bridgehead atoms. The lowest BCUT2D eigenvalue weighted by atomic mass is 10.1. The third-order valence-electron chi connectivity index (χ3n) is 3.68. The van der Waals surface area contributed by atoms with E-state index in [0.29, 0.717) is 0 Å². The van der Waals surface area contributed by atoms with Gasteiger partial charge < -0.3 is 4.90 Å². The lowest BCUT2D eigenvalue weighted by Gasteiger charge is -2.27. The fourth-order valence-corrected chi connectivity index (χ4v) is 2.24. The van der Waals surface area contributed by atoms with Crippen molar-refractivity contribution in [1.29, 1.82) is 0 Å². The lowest BCUT2D eigenvalue weighted by Crippen LogP contribution is -2.22. The average molecular weight is 319 g/mol. The molecule has 0 aliphatic carbocycles. The standard InChI is InChI=1S/C15H14FN3O4/c1-10(11-3-5-12(16)6-4-11)17(2)14-8-7-13(18(20)21)9-15(14)19(22)23/h3-10H,1-2H3. The maximum absolute atomic E-state index is 13.0. The third-order valence-corrected chi connectivity index (χ3v) is 3.68. The first-order valence-corrected chi connectivity index (χ1v) is 6.72. The van der Waals surface area contributed by atoms with Gasteiger partial charge in [0.2, 0.25) is 0 Å². The fourth-order valence-electron chi connectivity index (χ4n) is 2.24. The summed E-state index contributed by atoms with van der Waals surface area (Å²) in [6.45, 7) is 1.80. The van der Waals surface area contributed by atoms with Crippen LogP contribution in [-0.4, -0.2) is 16.9 Å². The molecule has 0 radical (unpaired) electrons. The van der Waals surface area contributed by atoms with E-state index in [9.17, 15) is 24.6 Å². The molecule has 1 unspecified atom stereocenters. The van der Waals surface area contributed by atoms with Gasteiger partial charge in [0.1, 0.15) is 11.5 Å². The summed E-state index contributed by atoms with van der Waals surface area (Å²) < 4.78 is 13.0. The second kappa shape index (κ2) is 6.39. The van der Waals surface area contributed by atoms with E-state index in [1.54, 1.807) is 31.0 Å². The van der Waals surface area contributed by atoms with Crippen LogP contribution < -0.4 is 4.90 Å². The molecule has 23 heavy (non-hydrogen) atoms. The Morgan fingerprint density at radius 1 is 1.04 bits per heavy atom. The Morgan fingerprint density at radius 2 is 1.65 bits per heavy atom. The van der Waals surface area contributed by atoms with Crippen molar-refractivity contribution in [3.05, 3.63) is 74.1 Å². The third kappa shape index (κ3) is 3.42. The molecule has 2 aromatic rings. The van der Waals surface area contributed by atoms with Gasteiger partial charge in [0.05, 0.1) is 22.0 Å². The number of nitrogens with zero attached hydrogens (tertiary/aromatic N) is 3. The van der Waals surface area contributed by atoms with Crippen LogP contribution in [0.25, 0.3) is 0 Å². The van der Waals surface area contributed by atoms with E-state index in [2.05, 4.69) is 0 Å². The van der Waals surface area contributed by atoms with Crippen molar-refractivity contribution in [2.75, 3.05) is 11.9 Å². The number of non-ortho nitro benzene ring substituents is 1. The zero-order valence-electron chi connectivity index (χ0n) is 12.5. The first-order valence-electron chi connectivity index (χ1n) is 6.72. The molecule has 8 heteroatoms. The molecule has 7 nitrogen and oxygen atoms in total. The van der Waals surface area contributed by atoms with Crippen LogP contribution in [0.4, 0.5) is 21.5 Å². The van der Waals surface area contributed by atoms with Crippen LogP contribution in [0.1, 0.15) is 18.5 Å². The average Bonchev–Trinajstić information content (AvgIpc) is 2.53. The first kappa shape index (κ1) is 16.3. The minimum atomic E-state index is -0.680. The Hall–Kier alpha value is -3.03. The lowest BCUT2D eigenvalue weighted by molar-refractivity contribution is -0.393. The van der Waals surface area contributed by atoms with Crippen molar-refractivity contribution in [3.8, 4) is 0 Å². The second-order valence-electron chi connectivity index (χ2n) is 5.03. The van der Waals surface area contributed by atoms with Gasteiger partial charge in [-0.1, -0.05) is 12.1 Å². The predicted octanol–water partition coefficient (Wildman–Crippen LogP) is 3.84. The van der Waals surface area contributed by atoms with Gasteiger partial charge in [0.15, 0.2) is 0 Å². The van der Waals surface area contributed by atoms with Crippen molar-refractivity contribution >= 4 is 17.1 Å². The van der Waals surface area contributed by atoms with Crippen LogP contribution in [0.2, 0.25) is 0 Å². The number of rotatable bonds is 5. The fraction of sp³-hybridized carbons (Fsp3) is 0.200. The molecular formula is C15H14FN3O4. The molecule has 0 saturated carbocycles. The summed E-state index contributed by atoms with van der Waals surface area (Å²) in [4.78, 5) is 22.3. The molecule has 0 heterocycles. The van der Waals surface area contributed by atoms with Gasteiger partial charge in [0, 0.05) is 13.1 Å². The molecule has 2 aromatic carbocycles. The number of nitro benzene ring substituents is 2. The van der Waals surface area contributed by atoms with Crippen molar-refractivity contribution in [1.82, 2.24) is 0 Å². The smallest absolute Gasteiger partial charge is 0.299 e. The maximum Gasteiger partial charge on any atom is 0.299 e. The normalized spacial score (nSPS) is 11.8. The zero-order valence-corrected chi connectivity index (χ0v) is 12.5. The summed E-state index contributed by atoms with van der Waals surface area (Å²) >= 11 is 0. The molecule has 1 atom stereocenters. The van der Waals surface area contributed by atoms with E-state index in [0.717, 1.165) is 11.6 Å². The summed E-state index contributed by atoms with van der Waals surface area (Å²) in [5.74, 6) is -0.370. The molecular weight excluding hydrogens is 305 g/mol. The molecule has 0 N–H and O–H groups in total. The minimum Gasteiger partial charge on any atom is -0.362 e. The summed E-state index contributed by atoms with van der Waals surface area (Å²) in [6.07, 6.45) is 0. The number of nitro groups is 2. The second-order valence-corrected chi connectivity index (χ2v) is 5.03. The van der Waals surface area contributed by atoms with Crippen molar-refractivity contribution in [2.45, 2.75) is 13.0 Å². The summed E-state index contributed by atoms with van der Waals surface area (Å²) in [5, 5.41) is 22.0. The van der Waals surface area contributed by atoms with E-state index >= 15 is 0 Å². The first-order chi connectivity index (χ1) is 10.8. The molecule has 0 fully saturated rings. The number of hydrogen-bond acceptors (Lipinski definition) is 5. The number of halogens is 1. The van der Waals surface area contributed by atoms with E-state index in [1.807, 2.05) is 0 Å². The SMILES string of the molecule is CC(c1ccc(F)cc1)N(C)c1ccc([N+](=O)[O-])cc1[N+](=O)[O-]. The molecule has 0 saturated heterocycles. The van der Waals surface area contributed by atoms with Crippen LogP contribution in [0.15, 0.2) is 42.5 Å². The van der Waals surface area contributed by atoms with Crippen LogP contribution in [0, 0.1) is 26.0 Å². The van der Waals surface area contributed by atoms with Gasteiger partial charge >= 0.3 is 0 Å². The van der Waals surface area contributed by atoms with E-state index in [-0.39, 0.29) is 28.9 Å². The Kier molecular flexibility index (Phi) is 4.54. The molecule has 0 aromatic heterocycles. The van der Waals surface area contributed by atoms with E-state index in [4.69, 9.17) is 0 Å². The maximum atomic E-state index is 13.0. The molecule has 0 aliphatic rings. The Balaban J connectivity index is 2.41. The van der Waals surface area contributed by atoms with Crippen molar-refractivity contribution < 1.29 is 14.2 Å². The number of anilines is 1. The highest BCUT2D eigenvalue weighted by Crippen LogP contribution is 2.35. The molecule has 120 valence electrons. The van der Waals surface area contributed by atoms with Gasteiger partial charge in [0.25, 0.3) is 11.4 Å². The number of hydrogen-bond donors (Lipinski definition) is 0. The Morgan fingerprint density at radius 3 is 2.17 bits per heavy atom. The minimum absolute atomic E-state index is 0.248. The van der Waals surface area contributed by atoms with Gasteiger partial charge in [-0.05, 0) is 30.7 Å². The van der Waals surface area contributed by atoms with Gasteiger partial charge in [-0.15, -0.1) is 0 Å². The molecule has 2 rings (SSSR count). The Labute approximate surface area is 131 Å². The van der Waals surface area contributed by atoms with Crippen LogP contribution in [0.3, 0.4) is 0 Å². The summed E-state index contributed by atoms with van der Waals surface area (Å²) in [5.41, 5.74) is 0.318. The van der Waals surface area contributed by atoms with Crippen molar-refractivity contribution in [3.63, 3.8) is 0 Å². The van der Waals surface area contributed by atoms with E-state index in [1.165, 1.54) is 24.3 Å². The predicted molar refractivity (Wildman–Crippen MR) is 83.0 cm³/mol. The number of benzene rings is 2. The topological polar surface area (TPSA) is 89.5 Å². The van der Waals surface area contributed by atoms with Gasteiger partial charge in [-0.2, -0.15) is 0 Å².